The van der Waals surface area contributed by atoms with Crippen molar-refractivity contribution in [3.63, 3.8) is 0 Å². The predicted molar refractivity (Wildman–Crippen MR) is 95.7 cm³/mol. The lowest BCUT2D eigenvalue weighted by Gasteiger charge is -2.11. The van der Waals surface area contributed by atoms with Crippen molar-refractivity contribution < 1.29 is 0 Å². The number of benzene rings is 1. The van der Waals surface area contributed by atoms with Crippen molar-refractivity contribution in [3.8, 4) is 11.3 Å². The Morgan fingerprint density at radius 1 is 1.00 bits per heavy atom. The van der Waals surface area contributed by atoms with Gasteiger partial charge < -0.3 is 0 Å². The summed E-state index contributed by atoms with van der Waals surface area (Å²) < 4.78 is 0.671. The van der Waals surface area contributed by atoms with Gasteiger partial charge in [-0.05, 0) is 36.5 Å². The first-order valence-corrected chi connectivity index (χ1v) is 8.43. The van der Waals surface area contributed by atoms with E-state index in [-0.39, 0.29) is 0 Å². The van der Waals surface area contributed by atoms with Crippen molar-refractivity contribution >= 4 is 22.6 Å². The average molecular weight is 379 g/mol. The highest BCUT2D eigenvalue weighted by Gasteiger charge is 2.07. The third-order valence-corrected chi connectivity index (χ3v) is 3.96. The van der Waals surface area contributed by atoms with E-state index in [9.17, 15) is 0 Å². The number of hydrogen-bond donors (Lipinski definition) is 0. The van der Waals surface area contributed by atoms with Gasteiger partial charge in [-0.15, -0.1) is 0 Å². The Labute approximate surface area is 136 Å². The normalized spacial score (nSPS) is 12.7. The van der Waals surface area contributed by atoms with E-state index in [1.54, 1.807) is 0 Å². The molecule has 1 aromatic carbocycles. The molecule has 1 nitrogen and oxygen atoms in total. The molecule has 0 aliphatic carbocycles. The van der Waals surface area contributed by atoms with Crippen LogP contribution in [0.2, 0.25) is 0 Å². The molecule has 106 valence electrons. The Hall–Kier alpha value is -0.900. The van der Waals surface area contributed by atoms with E-state index in [4.69, 9.17) is 4.98 Å². The lowest BCUT2D eigenvalue weighted by molar-refractivity contribution is 0.844. The van der Waals surface area contributed by atoms with Crippen molar-refractivity contribution in [2.45, 2.75) is 44.0 Å². The number of pyridine rings is 1. The first-order chi connectivity index (χ1) is 9.47. The van der Waals surface area contributed by atoms with Crippen molar-refractivity contribution in [1.82, 2.24) is 4.98 Å². The minimum absolute atomic E-state index is 0.532. The van der Waals surface area contributed by atoms with Crippen molar-refractivity contribution in [3.05, 3.63) is 53.2 Å². The largest absolute Gasteiger partial charge is 0.253 e. The van der Waals surface area contributed by atoms with Crippen LogP contribution in [-0.4, -0.2) is 8.91 Å². The lowest BCUT2D eigenvalue weighted by atomic mass is 10.00. The van der Waals surface area contributed by atoms with E-state index >= 15 is 0 Å². The molecule has 1 atom stereocenters. The fraction of sp³-hybridized carbons (Fsp3) is 0.389. The molecule has 0 N–H and O–H groups in total. The van der Waals surface area contributed by atoms with Crippen LogP contribution in [0.25, 0.3) is 11.3 Å². The number of aromatic nitrogens is 1. The molecule has 0 radical (unpaired) electrons. The molecule has 1 heterocycles. The molecular formula is C18H22IN. The van der Waals surface area contributed by atoms with Crippen LogP contribution < -0.4 is 0 Å². The maximum absolute atomic E-state index is 4.75. The standard InChI is InChI=1S/C18H22IN/c1-12(2)17-9-10-18(20-14(17)4)16-7-5-15(6-8-16)11-13(3)19/h5-10,12-13H,11H2,1-4H3. The molecule has 0 spiro atoms. The number of hydrogen-bond acceptors (Lipinski definition) is 1. The molecule has 2 aromatic rings. The van der Waals surface area contributed by atoms with Crippen LogP contribution in [0.5, 0.6) is 0 Å². The van der Waals surface area contributed by atoms with Gasteiger partial charge in [0.15, 0.2) is 0 Å². The van der Waals surface area contributed by atoms with Crippen LogP contribution >= 0.6 is 22.6 Å². The maximum Gasteiger partial charge on any atom is 0.0705 e. The van der Waals surface area contributed by atoms with Gasteiger partial charge in [0.2, 0.25) is 0 Å². The number of aryl methyl sites for hydroxylation is 1. The van der Waals surface area contributed by atoms with Gasteiger partial charge in [-0.1, -0.05) is 73.7 Å². The zero-order valence-corrected chi connectivity index (χ0v) is 14.8. The summed E-state index contributed by atoms with van der Waals surface area (Å²) in [7, 11) is 0. The summed E-state index contributed by atoms with van der Waals surface area (Å²) in [6.07, 6.45) is 1.12. The summed E-state index contributed by atoms with van der Waals surface area (Å²) in [5.41, 5.74) is 6.15. The SMILES string of the molecule is Cc1nc(-c2ccc(CC(C)I)cc2)ccc1C(C)C. The van der Waals surface area contributed by atoms with Gasteiger partial charge >= 0.3 is 0 Å². The topological polar surface area (TPSA) is 12.9 Å². The Morgan fingerprint density at radius 3 is 2.15 bits per heavy atom. The Balaban J connectivity index is 2.25. The molecule has 1 aromatic heterocycles. The molecule has 2 rings (SSSR count). The van der Waals surface area contributed by atoms with Crippen molar-refractivity contribution in [1.29, 1.82) is 0 Å². The number of rotatable bonds is 4. The van der Waals surface area contributed by atoms with E-state index < -0.39 is 0 Å². The first kappa shape index (κ1) is 15.5. The molecule has 2 heteroatoms. The molecule has 0 amide bonds. The molecular weight excluding hydrogens is 357 g/mol. The van der Waals surface area contributed by atoms with Gasteiger partial charge in [0.25, 0.3) is 0 Å². The first-order valence-electron chi connectivity index (χ1n) is 7.18. The highest BCUT2D eigenvalue weighted by atomic mass is 127. The lowest BCUT2D eigenvalue weighted by Crippen LogP contribution is -1.98. The third kappa shape index (κ3) is 3.81. The van der Waals surface area contributed by atoms with Gasteiger partial charge in [0.05, 0.1) is 5.69 Å². The zero-order valence-electron chi connectivity index (χ0n) is 12.7. The van der Waals surface area contributed by atoms with Crippen LogP contribution in [0, 0.1) is 6.92 Å². The van der Waals surface area contributed by atoms with E-state index in [1.807, 2.05) is 0 Å². The minimum Gasteiger partial charge on any atom is -0.253 e. The number of alkyl halides is 1. The molecule has 0 saturated carbocycles. The Bertz CT molecular complexity index is 570. The Morgan fingerprint density at radius 2 is 1.65 bits per heavy atom. The molecule has 1 unspecified atom stereocenters. The molecule has 0 fully saturated rings. The van der Waals surface area contributed by atoms with E-state index in [0.29, 0.717) is 9.84 Å². The summed E-state index contributed by atoms with van der Waals surface area (Å²) >= 11 is 2.47. The Kier molecular flexibility index (Phi) is 5.19. The highest BCUT2D eigenvalue weighted by Crippen LogP contribution is 2.23. The van der Waals surface area contributed by atoms with Crippen LogP contribution in [-0.2, 0) is 6.42 Å². The minimum atomic E-state index is 0.532. The second-order valence-corrected chi connectivity index (χ2v) is 7.83. The summed E-state index contributed by atoms with van der Waals surface area (Å²) in [5, 5.41) is 0. The van der Waals surface area contributed by atoms with E-state index in [1.165, 1.54) is 16.7 Å². The van der Waals surface area contributed by atoms with Crippen LogP contribution in [0.4, 0.5) is 0 Å². The van der Waals surface area contributed by atoms with Crippen LogP contribution in [0.15, 0.2) is 36.4 Å². The zero-order chi connectivity index (χ0) is 14.7. The third-order valence-electron chi connectivity index (χ3n) is 3.52. The summed E-state index contributed by atoms with van der Waals surface area (Å²) in [5.74, 6) is 0.532. The second kappa shape index (κ2) is 6.70. The summed E-state index contributed by atoms with van der Waals surface area (Å²) in [6.45, 7) is 8.77. The smallest absolute Gasteiger partial charge is 0.0705 e. The number of nitrogens with zero attached hydrogens (tertiary/aromatic N) is 1. The maximum atomic E-state index is 4.75. The fourth-order valence-corrected chi connectivity index (χ4v) is 2.99. The van der Waals surface area contributed by atoms with Gasteiger partial charge in [-0.25, -0.2) is 0 Å². The molecule has 0 aliphatic rings. The van der Waals surface area contributed by atoms with E-state index in [0.717, 1.165) is 17.8 Å². The quantitative estimate of drug-likeness (QED) is 0.502. The number of halogens is 1. The van der Waals surface area contributed by atoms with Gasteiger partial charge in [-0.2, -0.15) is 0 Å². The van der Waals surface area contributed by atoms with Crippen molar-refractivity contribution in [2.24, 2.45) is 0 Å². The van der Waals surface area contributed by atoms with Crippen molar-refractivity contribution in [2.75, 3.05) is 0 Å². The monoisotopic (exact) mass is 379 g/mol. The summed E-state index contributed by atoms with van der Waals surface area (Å²) in [6, 6.07) is 13.2. The van der Waals surface area contributed by atoms with Crippen LogP contribution in [0.1, 0.15) is 43.5 Å². The molecule has 0 saturated heterocycles. The molecule has 20 heavy (non-hydrogen) atoms. The predicted octanol–water partition coefficient (Wildman–Crippen LogP) is 5.55. The van der Waals surface area contributed by atoms with Crippen LogP contribution in [0.3, 0.4) is 0 Å². The summed E-state index contributed by atoms with van der Waals surface area (Å²) in [4.78, 5) is 4.75. The van der Waals surface area contributed by atoms with E-state index in [2.05, 4.69) is 86.7 Å². The highest BCUT2D eigenvalue weighted by molar-refractivity contribution is 14.1. The van der Waals surface area contributed by atoms with Gasteiger partial charge in [-0.3, -0.25) is 4.98 Å². The fourth-order valence-electron chi connectivity index (χ4n) is 2.48. The molecule has 0 aliphatic heterocycles. The molecule has 0 bridgehead atoms. The van der Waals surface area contributed by atoms with Gasteiger partial charge in [0.1, 0.15) is 0 Å². The average Bonchev–Trinajstić information content (AvgIpc) is 2.38. The second-order valence-electron chi connectivity index (χ2n) is 5.71. The van der Waals surface area contributed by atoms with Gasteiger partial charge in [0, 0.05) is 15.2 Å².